The Bertz CT molecular complexity index is 1340. The second-order valence-corrected chi connectivity index (χ2v) is 10.5. The topological polar surface area (TPSA) is 71.1 Å². The second-order valence-electron chi connectivity index (χ2n) is 7.54. The Hall–Kier alpha value is -2.84. The first kappa shape index (κ1) is 25.3. The van der Waals surface area contributed by atoms with Crippen LogP contribution in [0.15, 0.2) is 83.1 Å². The van der Waals surface area contributed by atoms with Crippen molar-refractivity contribution in [2.75, 3.05) is 10.6 Å². The van der Waals surface area contributed by atoms with Crippen molar-refractivity contribution >= 4 is 68.9 Å². The van der Waals surface area contributed by atoms with Crippen molar-refractivity contribution < 1.29 is 9.59 Å². The average Bonchev–Trinajstić information content (AvgIpc) is 3.31. The van der Waals surface area contributed by atoms with Crippen molar-refractivity contribution in [1.82, 2.24) is 4.98 Å². The number of hydrogen-bond acceptors (Lipinski definition) is 5. The molecular weight excluding hydrogens is 521 g/mol. The van der Waals surface area contributed by atoms with Crippen LogP contribution in [0.2, 0.25) is 10.0 Å². The van der Waals surface area contributed by atoms with Crippen molar-refractivity contribution in [2.24, 2.45) is 0 Å². The summed E-state index contributed by atoms with van der Waals surface area (Å²) in [6.07, 6.45) is 0.630. The number of thioether (sulfide) groups is 1. The molecule has 0 saturated heterocycles. The van der Waals surface area contributed by atoms with Crippen LogP contribution in [0.25, 0.3) is 11.3 Å². The van der Waals surface area contributed by atoms with Gasteiger partial charge in [-0.2, -0.15) is 0 Å². The Morgan fingerprint density at radius 1 is 0.971 bits per heavy atom. The largest absolute Gasteiger partial charge is 0.322 e. The zero-order chi connectivity index (χ0) is 24.8. The molecule has 0 fully saturated rings. The maximum atomic E-state index is 13.0. The third kappa shape index (κ3) is 6.86. The molecule has 0 aliphatic rings. The lowest BCUT2D eigenvalue weighted by atomic mass is 10.2. The number of aromatic nitrogens is 1. The van der Waals surface area contributed by atoms with Crippen LogP contribution in [0.5, 0.6) is 0 Å². The zero-order valence-electron chi connectivity index (χ0n) is 18.6. The summed E-state index contributed by atoms with van der Waals surface area (Å²) in [6, 6.07) is 21.6. The quantitative estimate of drug-likeness (QED) is 0.222. The highest BCUT2D eigenvalue weighted by atomic mass is 35.5. The Morgan fingerprint density at radius 2 is 1.74 bits per heavy atom. The maximum Gasteiger partial charge on any atom is 0.255 e. The molecule has 2 N–H and O–H groups in total. The van der Waals surface area contributed by atoms with Crippen LogP contribution in [0.1, 0.15) is 23.7 Å². The van der Waals surface area contributed by atoms with E-state index in [1.165, 1.54) is 23.1 Å². The Kier molecular flexibility index (Phi) is 8.46. The molecule has 0 saturated carbocycles. The molecule has 0 radical (unpaired) electrons. The highest BCUT2D eigenvalue weighted by Gasteiger charge is 2.20. The molecule has 3 aromatic carbocycles. The van der Waals surface area contributed by atoms with Crippen molar-refractivity contribution in [3.63, 3.8) is 0 Å². The molecule has 0 spiro atoms. The fourth-order valence-electron chi connectivity index (χ4n) is 3.24. The van der Waals surface area contributed by atoms with Crippen LogP contribution in [0.3, 0.4) is 0 Å². The molecule has 1 heterocycles. The molecule has 4 aromatic rings. The van der Waals surface area contributed by atoms with E-state index in [1.54, 1.807) is 30.3 Å². The average molecular weight is 543 g/mol. The molecular formula is C26H21Cl2N3O2S2. The highest BCUT2D eigenvalue weighted by molar-refractivity contribution is 8.00. The van der Waals surface area contributed by atoms with Gasteiger partial charge >= 0.3 is 0 Å². The molecule has 0 aliphatic carbocycles. The highest BCUT2D eigenvalue weighted by Crippen LogP contribution is 2.30. The molecule has 35 heavy (non-hydrogen) atoms. The van der Waals surface area contributed by atoms with Crippen molar-refractivity contribution in [3.05, 3.63) is 93.8 Å². The molecule has 5 nitrogen and oxygen atoms in total. The lowest BCUT2D eigenvalue weighted by Crippen LogP contribution is -2.24. The summed E-state index contributed by atoms with van der Waals surface area (Å²) in [5, 5.41) is 9.09. The summed E-state index contributed by atoms with van der Waals surface area (Å²) in [4.78, 5) is 30.9. The van der Waals surface area contributed by atoms with Gasteiger partial charge in [0.15, 0.2) is 5.13 Å². The number of anilines is 2. The van der Waals surface area contributed by atoms with E-state index < -0.39 is 0 Å². The molecule has 1 atom stereocenters. The predicted molar refractivity (Wildman–Crippen MR) is 147 cm³/mol. The molecule has 9 heteroatoms. The van der Waals surface area contributed by atoms with Gasteiger partial charge in [0, 0.05) is 37.1 Å². The van der Waals surface area contributed by atoms with Crippen LogP contribution >= 0.6 is 46.3 Å². The Balaban J connectivity index is 1.39. The van der Waals surface area contributed by atoms with Crippen LogP contribution in [0.4, 0.5) is 10.8 Å². The number of carbonyl (C=O) groups excluding carboxylic acids is 2. The van der Waals surface area contributed by atoms with Crippen molar-refractivity contribution in [2.45, 2.75) is 23.5 Å². The monoisotopic (exact) mass is 541 g/mol. The fraction of sp³-hybridized carbons (Fsp3) is 0.115. The maximum absolute atomic E-state index is 13.0. The normalized spacial score (nSPS) is 11.6. The molecule has 2 amide bonds. The number of rotatable bonds is 8. The van der Waals surface area contributed by atoms with E-state index >= 15 is 0 Å². The van der Waals surface area contributed by atoms with Crippen LogP contribution in [-0.2, 0) is 4.79 Å². The van der Waals surface area contributed by atoms with Crippen molar-refractivity contribution in [1.29, 1.82) is 0 Å². The molecule has 178 valence electrons. The summed E-state index contributed by atoms with van der Waals surface area (Å²) in [5.41, 5.74) is 2.83. The van der Waals surface area contributed by atoms with E-state index in [0.29, 0.717) is 32.8 Å². The summed E-state index contributed by atoms with van der Waals surface area (Å²) < 4.78 is 0. The first-order valence-corrected chi connectivity index (χ1v) is 13.3. The Morgan fingerprint density at radius 3 is 2.49 bits per heavy atom. The first-order chi connectivity index (χ1) is 16.9. The second kappa shape index (κ2) is 11.7. The lowest BCUT2D eigenvalue weighted by molar-refractivity contribution is -0.115. The van der Waals surface area contributed by atoms with Gasteiger partial charge in [-0.15, -0.1) is 23.1 Å². The number of nitrogens with one attached hydrogen (secondary N) is 2. The summed E-state index contributed by atoms with van der Waals surface area (Å²) in [6.45, 7) is 1.96. The summed E-state index contributed by atoms with van der Waals surface area (Å²) >= 11 is 14.8. The van der Waals surface area contributed by atoms with Gasteiger partial charge in [-0.3, -0.25) is 9.59 Å². The number of amides is 2. The van der Waals surface area contributed by atoms with Gasteiger partial charge in [-0.05, 0) is 55.0 Å². The number of benzene rings is 3. The van der Waals surface area contributed by atoms with E-state index in [-0.39, 0.29) is 17.1 Å². The van der Waals surface area contributed by atoms with Gasteiger partial charge in [0.05, 0.1) is 10.9 Å². The van der Waals surface area contributed by atoms with Crippen molar-refractivity contribution in [3.8, 4) is 11.3 Å². The first-order valence-electron chi connectivity index (χ1n) is 10.8. The Labute approximate surface area is 221 Å². The molecule has 1 unspecified atom stereocenters. The smallest absolute Gasteiger partial charge is 0.255 e. The molecule has 4 rings (SSSR count). The minimum Gasteiger partial charge on any atom is -0.322 e. The predicted octanol–water partition coefficient (Wildman–Crippen LogP) is 7.88. The standard InChI is InChI=1S/C26H21Cl2N3O2S2/c1-2-23(25(33)31-26-30-22(15-34-26)16-9-11-18(27)12-10-16)35-21-8-4-7-20(14-21)29-24(32)17-5-3-6-19(28)13-17/h3-15,23H,2H2,1H3,(H,29,32)(H,30,31,33). The van der Waals surface area contributed by atoms with Gasteiger partial charge in [-0.1, -0.05) is 54.4 Å². The molecule has 1 aromatic heterocycles. The summed E-state index contributed by atoms with van der Waals surface area (Å²) in [7, 11) is 0. The van der Waals surface area contributed by atoms with Crippen LogP contribution in [-0.4, -0.2) is 22.0 Å². The van der Waals surface area contributed by atoms with E-state index in [9.17, 15) is 9.59 Å². The SMILES string of the molecule is CCC(Sc1cccc(NC(=O)c2cccc(Cl)c2)c1)C(=O)Nc1nc(-c2ccc(Cl)cc2)cs1. The van der Waals surface area contributed by atoms with E-state index in [2.05, 4.69) is 15.6 Å². The lowest BCUT2D eigenvalue weighted by Gasteiger charge is -2.14. The van der Waals surface area contributed by atoms with Gasteiger partial charge in [0.1, 0.15) is 0 Å². The van der Waals surface area contributed by atoms with Gasteiger partial charge < -0.3 is 10.6 Å². The van der Waals surface area contributed by atoms with Gasteiger partial charge in [0.25, 0.3) is 5.91 Å². The fourth-order valence-corrected chi connectivity index (χ4v) is 5.29. The van der Waals surface area contributed by atoms with Crippen LogP contribution in [0, 0.1) is 0 Å². The van der Waals surface area contributed by atoms with Crippen LogP contribution < -0.4 is 10.6 Å². The molecule has 0 aliphatic heterocycles. The number of nitrogens with zero attached hydrogens (tertiary/aromatic N) is 1. The van der Waals surface area contributed by atoms with Gasteiger partial charge in [0.2, 0.25) is 5.91 Å². The van der Waals surface area contributed by atoms with E-state index in [4.69, 9.17) is 23.2 Å². The third-order valence-electron chi connectivity index (χ3n) is 4.99. The zero-order valence-corrected chi connectivity index (χ0v) is 21.8. The number of hydrogen-bond donors (Lipinski definition) is 2. The molecule has 0 bridgehead atoms. The number of thiazole rings is 1. The van der Waals surface area contributed by atoms with E-state index in [0.717, 1.165) is 16.2 Å². The minimum atomic E-state index is -0.322. The summed E-state index contributed by atoms with van der Waals surface area (Å²) in [5.74, 6) is -0.373. The van der Waals surface area contributed by atoms with E-state index in [1.807, 2.05) is 54.8 Å². The number of carbonyl (C=O) groups is 2. The number of halogens is 2. The minimum absolute atomic E-state index is 0.122. The third-order valence-corrected chi connectivity index (χ3v) is 7.60. The van der Waals surface area contributed by atoms with Gasteiger partial charge in [-0.25, -0.2) is 4.98 Å².